The Morgan fingerprint density at radius 1 is 1.50 bits per heavy atom. The maximum Gasteiger partial charge on any atom is 0.113 e. The van der Waals surface area contributed by atoms with Crippen LogP contribution in [0.5, 0.6) is 0 Å². The van der Waals surface area contributed by atoms with Gasteiger partial charge in [-0.15, -0.1) is 0 Å². The molecule has 1 saturated carbocycles. The molecular formula is C15H17N3. The van der Waals surface area contributed by atoms with Crippen LogP contribution in [0.15, 0.2) is 18.2 Å². The van der Waals surface area contributed by atoms with Crippen molar-refractivity contribution in [2.24, 2.45) is 5.41 Å². The van der Waals surface area contributed by atoms with Crippen LogP contribution in [-0.4, -0.2) is 9.55 Å². The molecule has 1 aromatic heterocycles. The number of fused-ring (bicyclic) bond motifs is 1. The predicted octanol–water partition coefficient (Wildman–Crippen LogP) is 3.44. The van der Waals surface area contributed by atoms with Gasteiger partial charge < -0.3 is 4.57 Å². The lowest BCUT2D eigenvalue weighted by Gasteiger charge is -2.07. The molecule has 3 heteroatoms. The van der Waals surface area contributed by atoms with Crippen LogP contribution >= 0.6 is 0 Å². The summed E-state index contributed by atoms with van der Waals surface area (Å²) in [5, 5.41) is 8.95. The summed E-state index contributed by atoms with van der Waals surface area (Å²) in [5.41, 5.74) is 3.17. The molecule has 1 fully saturated rings. The topological polar surface area (TPSA) is 41.6 Å². The first-order chi connectivity index (χ1) is 8.56. The third kappa shape index (κ3) is 1.53. The lowest BCUT2D eigenvalue weighted by molar-refractivity contribution is 0.590. The molecule has 0 N–H and O–H groups in total. The molecule has 0 spiro atoms. The van der Waals surface area contributed by atoms with Gasteiger partial charge in [0.2, 0.25) is 0 Å². The van der Waals surface area contributed by atoms with Crippen molar-refractivity contribution in [1.82, 2.24) is 9.55 Å². The monoisotopic (exact) mass is 239 g/mol. The summed E-state index contributed by atoms with van der Waals surface area (Å²) in [6.07, 6.45) is 1.21. The fourth-order valence-electron chi connectivity index (χ4n) is 2.72. The zero-order valence-electron chi connectivity index (χ0n) is 11.1. The fourth-order valence-corrected chi connectivity index (χ4v) is 2.72. The number of hydrogen-bond donors (Lipinski definition) is 0. The van der Waals surface area contributed by atoms with Gasteiger partial charge in [0, 0.05) is 12.5 Å². The van der Waals surface area contributed by atoms with Gasteiger partial charge >= 0.3 is 0 Å². The van der Waals surface area contributed by atoms with E-state index in [9.17, 15) is 0 Å². The highest BCUT2D eigenvalue weighted by molar-refractivity contribution is 5.78. The van der Waals surface area contributed by atoms with Crippen LogP contribution in [0, 0.1) is 16.7 Å². The number of nitriles is 1. The SMILES string of the molecule is CCn1c(C2CC2(C)C)nc2cc(C#N)ccc21. The number of rotatable bonds is 2. The molecule has 1 aliphatic carbocycles. The van der Waals surface area contributed by atoms with Crippen LogP contribution in [0.4, 0.5) is 0 Å². The second-order valence-corrected chi connectivity index (χ2v) is 5.77. The Labute approximate surface area is 107 Å². The Morgan fingerprint density at radius 3 is 2.78 bits per heavy atom. The van der Waals surface area contributed by atoms with Gasteiger partial charge in [-0.1, -0.05) is 13.8 Å². The molecule has 0 aliphatic heterocycles. The van der Waals surface area contributed by atoms with Crippen molar-refractivity contribution < 1.29 is 0 Å². The summed E-state index contributed by atoms with van der Waals surface area (Å²) in [5.74, 6) is 1.75. The van der Waals surface area contributed by atoms with E-state index in [0.717, 1.165) is 17.6 Å². The second-order valence-electron chi connectivity index (χ2n) is 5.77. The molecule has 2 aromatic rings. The predicted molar refractivity (Wildman–Crippen MR) is 71.3 cm³/mol. The van der Waals surface area contributed by atoms with Gasteiger partial charge in [0.05, 0.1) is 22.7 Å². The van der Waals surface area contributed by atoms with E-state index in [4.69, 9.17) is 10.2 Å². The summed E-state index contributed by atoms with van der Waals surface area (Å²) in [6, 6.07) is 7.96. The average Bonchev–Trinajstić information content (AvgIpc) is 2.85. The van der Waals surface area contributed by atoms with Crippen LogP contribution in [-0.2, 0) is 6.54 Å². The smallest absolute Gasteiger partial charge is 0.113 e. The molecule has 3 rings (SSSR count). The Morgan fingerprint density at radius 2 is 2.22 bits per heavy atom. The van der Waals surface area contributed by atoms with Gasteiger partial charge in [-0.25, -0.2) is 4.98 Å². The van der Waals surface area contributed by atoms with E-state index >= 15 is 0 Å². The van der Waals surface area contributed by atoms with E-state index in [0.29, 0.717) is 16.9 Å². The lowest BCUT2D eigenvalue weighted by atomic mass is 10.1. The summed E-state index contributed by atoms with van der Waals surface area (Å²) in [6.45, 7) is 7.66. The second kappa shape index (κ2) is 3.58. The molecule has 1 heterocycles. The van der Waals surface area contributed by atoms with Crippen LogP contribution in [0.2, 0.25) is 0 Å². The number of imidazole rings is 1. The van der Waals surface area contributed by atoms with Crippen molar-refractivity contribution in [2.75, 3.05) is 0 Å². The van der Waals surface area contributed by atoms with E-state index in [1.54, 1.807) is 0 Å². The summed E-state index contributed by atoms with van der Waals surface area (Å²) < 4.78 is 2.29. The largest absolute Gasteiger partial charge is 0.328 e. The summed E-state index contributed by atoms with van der Waals surface area (Å²) in [4.78, 5) is 4.76. The van der Waals surface area contributed by atoms with E-state index in [-0.39, 0.29) is 0 Å². The van der Waals surface area contributed by atoms with Crippen LogP contribution in [0.3, 0.4) is 0 Å². The van der Waals surface area contributed by atoms with E-state index in [1.807, 2.05) is 18.2 Å². The maximum atomic E-state index is 8.95. The van der Waals surface area contributed by atoms with Crippen LogP contribution < -0.4 is 0 Å². The molecule has 1 atom stereocenters. The molecule has 1 aliphatic rings. The first kappa shape index (κ1) is 11.3. The highest BCUT2D eigenvalue weighted by atomic mass is 15.1. The van der Waals surface area contributed by atoms with Crippen LogP contribution in [0.1, 0.15) is 44.5 Å². The van der Waals surface area contributed by atoms with Crippen LogP contribution in [0.25, 0.3) is 11.0 Å². The molecule has 1 unspecified atom stereocenters. The zero-order valence-corrected chi connectivity index (χ0v) is 11.1. The van der Waals surface area contributed by atoms with Crippen molar-refractivity contribution in [2.45, 2.75) is 39.7 Å². The lowest BCUT2D eigenvalue weighted by Crippen LogP contribution is -2.02. The number of nitrogens with zero attached hydrogens (tertiary/aromatic N) is 3. The molecule has 18 heavy (non-hydrogen) atoms. The van der Waals surface area contributed by atoms with Crippen molar-refractivity contribution in [3.8, 4) is 6.07 Å². The Balaban J connectivity index is 2.18. The minimum absolute atomic E-state index is 0.381. The van der Waals surface area contributed by atoms with Crippen molar-refractivity contribution in [3.05, 3.63) is 29.6 Å². The summed E-state index contributed by atoms with van der Waals surface area (Å²) in [7, 11) is 0. The first-order valence-electron chi connectivity index (χ1n) is 6.47. The third-order valence-corrected chi connectivity index (χ3v) is 4.05. The number of aryl methyl sites for hydroxylation is 1. The van der Waals surface area contributed by atoms with E-state index < -0.39 is 0 Å². The maximum absolute atomic E-state index is 8.95. The van der Waals surface area contributed by atoms with Gasteiger partial charge in [-0.3, -0.25) is 0 Å². The minimum atomic E-state index is 0.381. The van der Waals surface area contributed by atoms with Crippen molar-refractivity contribution >= 4 is 11.0 Å². The third-order valence-electron chi connectivity index (χ3n) is 4.05. The standard InChI is InChI=1S/C15H17N3/c1-4-18-13-6-5-10(9-16)7-12(13)17-14(18)11-8-15(11,2)3/h5-7,11H,4,8H2,1-3H3. The number of hydrogen-bond acceptors (Lipinski definition) is 2. The molecule has 3 nitrogen and oxygen atoms in total. The highest BCUT2D eigenvalue weighted by Gasteiger charge is 2.49. The molecule has 0 bridgehead atoms. The highest BCUT2D eigenvalue weighted by Crippen LogP contribution is 2.58. The quantitative estimate of drug-likeness (QED) is 0.805. The normalized spacial score (nSPS) is 20.9. The Bertz CT molecular complexity index is 658. The van der Waals surface area contributed by atoms with Gasteiger partial charge in [0.25, 0.3) is 0 Å². The van der Waals surface area contributed by atoms with E-state index in [2.05, 4.69) is 31.4 Å². The first-order valence-corrected chi connectivity index (χ1v) is 6.47. The average molecular weight is 239 g/mol. The molecular weight excluding hydrogens is 222 g/mol. The Kier molecular flexibility index (Phi) is 2.25. The molecule has 92 valence electrons. The molecule has 0 saturated heterocycles. The van der Waals surface area contributed by atoms with Gasteiger partial charge in [0.15, 0.2) is 0 Å². The minimum Gasteiger partial charge on any atom is -0.328 e. The number of benzene rings is 1. The van der Waals surface area contributed by atoms with Gasteiger partial charge in [-0.2, -0.15) is 5.26 Å². The van der Waals surface area contributed by atoms with Gasteiger partial charge in [-0.05, 0) is 37.0 Å². The summed E-state index contributed by atoms with van der Waals surface area (Å²) >= 11 is 0. The van der Waals surface area contributed by atoms with Crippen molar-refractivity contribution in [1.29, 1.82) is 5.26 Å². The fraction of sp³-hybridized carbons (Fsp3) is 0.467. The zero-order chi connectivity index (χ0) is 12.9. The van der Waals surface area contributed by atoms with Gasteiger partial charge in [0.1, 0.15) is 5.82 Å². The number of aromatic nitrogens is 2. The molecule has 0 radical (unpaired) electrons. The van der Waals surface area contributed by atoms with E-state index in [1.165, 1.54) is 12.2 Å². The molecule has 1 aromatic carbocycles. The Hall–Kier alpha value is -1.82. The molecule has 0 amide bonds. The van der Waals surface area contributed by atoms with Crippen molar-refractivity contribution in [3.63, 3.8) is 0 Å².